The van der Waals surface area contributed by atoms with Gasteiger partial charge in [-0.2, -0.15) is 0 Å². The average Bonchev–Trinajstić information content (AvgIpc) is 3.03. The Hall–Kier alpha value is -2.86. The Balaban J connectivity index is 1.69. The lowest BCUT2D eigenvalue weighted by Gasteiger charge is -2.23. The first-order valence-electron chi connectivity index (χ1n) is 15.5. The Morgan fingerprint density at radius 3 is 1.25 bits per heavy atom. The standard InChI is InChI=1S/C36H44Cl2N4O4S2/c1-21(41-47(43)35(3,4)5)23-17-19-29(39-33(23)45-9)27-15-11-13-25(31(27)37)26-14-12-16-28(32(26)38)30-20-18-24(34(40-30)46-10)22(2)42-48(44)36(6,7)8/h11-22,41-42H,1-10H3/t21-,22-,47?,48?/m0/s1. The van der Waals surface area contributed by atoms with Gasteiger partial charge < -0.3 is 9.47 Å². The Kier molecular flexibility index (Phi) is 12.1. The van der Waals surface area contributed by atoms with Gasteiger partial charge in [0.2, 0.25) is 11.8 Å². The molecule has 2 N–H and O–H groups in total. The van der Waals surface area contributed by atoms with E-state index in [1.807, 2.05) is 116 Å². The summed E-state index contributed by atoms with van der Waals surface area (Å²) in [6.07, 6.45) is 0. The Morgan fingerprint density at radius 2 is 0.938 bits per heavy atom. The molecule has 0 spiro atoms. The zero-order valence-corrected chi connectivity index (χ0v) is 32.2. The minimum atomic E-state index is -1.27. The van der Waals surface area contributed by atoms with Crippen molar-refractivity contribution in [1.82, 2.24) is 19.4 Å². The quantitative estimate of drug-likeness (QED) is 0.160. The van der Waals surface area contributed by atoms with Crippen LogP contribution in [0.15, 0.2) is 60.7 Å². The number of ether oxygens (including phenoxy) is 2. The summed E-state index contributed by atoms with van der Waals surface area (Å²) >= 11 is 14.2. The molecular formula is C36H44Cl2N4O4S2. The van der Waals surface area contributed by atoms with E-state index in [0.717, 1.165) is 22.3 Å². The van der Waals surface area contributed by atoms with Crippen LogP contribution in [0, 0.1) is 0 Å². The minimum Gasteiger partial charge on any atom is -0.481 e. The van der Waals surface area contributed by atoms with Gasteiger partial charge in [-0.25, -0.2) is 27.8 Å². The third-order valence-electron chi connectivity index (χ3n) is 7.62. The second kappa shape index (κ2) is 15.4. The van der Waals surface area contributed by atoms with E-state index in [1.54, 1.807) is 14.2 Å². The predicted octanol–water partition coefficient (Wildman–Crippen LogP) is 9.03. The summed E-state index contributed by atoms with van der Waals surface area (Å²) in [6.45, 7) is 15.4. The number of benzene rings is 2. The highest BCUT2D eigenvalue weighted by molar-refractivity contribution is 7.84. The van der Waals surface area contributed by atoms with Crippen LogP contribution in [0.25, 0.3) is 33.6 Å². The van der Waals surface area contributed by atoms with E-state index < -0.39 is 31.5 Å². The first-order valence-corrected chi connectivity index (χ1v) is 18.6. The van der Waals surface area contributed by atoms with E-state index >= 15 is 0 Å². The summed E-state index contributed by atoms with van der Waals surface area (Å²) in [5.41, 5.74) is 5.68. The van der Waals surface area contributed by atoms with Gasteiger partial charge in [-0.15, -0.1) is 0 Å². The third kappa shape index (κ3) is 8.46. The first kappa shape index (κ1) is 38.0. The van der Waals surface area contributed by atoms with Gasteiger partial charge in [-0.05, 0) is 79.7 Å². The Bertz CT molecular complexity index is 1710. The molecule has 258 valence electrons. The molecule has 12 heteroatoms. The SMILES string of the molecule is COc1nc(-c2cccc(-c3cccc(-c4ccc([C@H](C)NS(=O)C(C)(C)C)c(OC)n4)c3Cl)c2Cl)ccc1[C@H](C)NS(=O)C(C)(C)C. The second-order valence-electron chi connectivity index (χ2n) is 13.4. The van der Waals surface area contributed by atoms with Crippen LogP contribution in [0.2, 0.25) is 10.0 Å². The van der Waals surface area contributed by atoms with Crippen LogP contribution in [0.3, 0.4) is 0 Å². The molecule has 0 saturated carbocycles. The van der Waals surface area contributed by atoms with Crippen LogP contribution in [0.4, 0.5) is 0 Å². The molecule has 0 aliphatic heterocycles. The fraction of sp³-hybridized carbons (Fsp3) is 0.389. The van der Waals surface area contributed by atoms with Crippen molar-refractivity contribution in [3.63, 3.8) is 0 Å². The van der Waals surface area contributed by atoms with Crippen molar-refractivity contribution in [2.24, 2.45) is 0 Å². The second-order valence-corrected chi connectivity index (χ2v) is 18.1. The number of nitrogens with zero attached hydrogens (tertiary/aromatic N) is 2. The third-order valence-corrected chi connectivity index (χ3v) is 11.8. The summed E-state index contributed by atoms with van der Waals surface area (Å²) in [5, 5.41) is 0.956. The normalized spacial score (nSPS) is 14.7. The fourth-order valence-electron chi connectivity index (χ4n) is 4.87. The van der Waals surface area contributed by atoms with E-state index in [1.165, 1.54) is 0 Å². The molecule has 48 heavy (non-hydrogen) atoms. The smallest absolute Gasteiger partial charge is 0.218 e. The highest BCUT2D eigenvalue weighted by Gasteiger charge is 2.26. The summed E-state index contributed by atoms with van der Waals surface area (Å²) in [4.78, 5) is 9.56. The Morgan fingerprint density at radius 1 is 0.604 bits per heavy atom. The molecule has 0 bridgehead atoms. The van der Waals surface area contributed by atoms with Crippen LogP contribution in [-0.4, -0.2) is 42.1 Å². The van der Waals surface area contributed by atoms with Crippen LogP contribution < -0.4 is 18.9 Å². The van der Waals surface area contributed by atoms with Crippen molar-refractivity contribution in [3.8, 4) is 45.4 Å². The molecule has 0 aliphatic carbocycles. The summed E-state index contributed by atoms with van der Waals surface area (Å²) in [5.74, 6) is 0.829. The van der Waals surface area contributed by atoms with Crippen LogP contribution in [0.5, 0.6) is 11.8 Å². The van der Waals surface area contributed by atoms with Gasteiger partial charge in [0.05, 0.1) is 67.1 Å². The molecule has 8 nitrogen and oxygen atoms in total. The number of halogens is 2. The number of rotatable bonds is 11. The van der Waals surface area contributed by atoms with Crippen LogP contribution in [-0.2, 0) is 22.0 Å². The van der Waals surface area contributed by atoms with Crippen molar-refractivity contribution in [2.75, 3.05) is 14.2 Å². The molecule has 4 aromatic rings. The van der Waals surface area contributed by atoms with E-state index in [2.05, 4.69) is 9.44 Å². The summed E-state index contributed by atoms with van der Waals surface area (Å²) < 4.78 is 42.2. The molecule has 0 fully saturated rings. The van der Waals surface area contributed by atoms with Crippen LogP contribution in [0.1, 0.15) is 78.6 Å². The van der Waals surface area contributed by atoms with Crippen molar-refractivity contribution in [2.45, 2.75) is 77.0 Å². The maximum atomic E-state index is 12.7. The van der Waals surface area contributed by atoms with Gasteiger partial charge in [-0.3, -0.25) is 0 Å². The van der Waals surface area contributed by atoms with Crippen molar-refractivity contribution < 1.29 is 17.9 Å². The van der Waals surface area contributed by atoms with E-state index in [0.29, 0.717) is 44.3 Å². The fourth-order valence-corrected chi connectivity index (χ4v) is 7.12. The molecule has 2 aromatic heterocycles. The largest absolute Gasteiger partial charge is 0.481 e. The number of nitrogens with one attached hydrogen (secondary N) is 2. The molecule has 0 radical (unpaired) electrons. The molecule has 0 aliphatic rings. The maximum Gasteiger partial charge on any atom is 0.218 e. The zero-order chi connectivity index (χ0) is 35.6. The molecular weight excluding hydrogens is 687 g/mol. The minimum absolute atomic E-state index is 0.266. The highest BCUT2D eigenvalue weighted by atomic mass is 35.5. The van der Waals surface area contributed by atoms with Gasteiger partial charge in [0.25, 0.3) is 0 Å². The average molecular weight is 732 g/mol. The summed E-state index contributed by atoms with van der Waals surface area (Å²) in [6, 6.07) is 18.5. The van der Waals surface area contributed by atoms with Gasteiger partial charge >= 0.3 is 0 Å². The molecule has 2 aromatic carbocycles. The van der Waals surface area contributed by atoms with E-state index in [9.17, 15) is 8.42 Å². The summed E-state index contributed by atoms with van der Waals surface area (Å²) in [7, 11) is 0.585. The van der Waals surface area contributed by atoms with Crippen molar-refractivity contribution in [3.05, 3.63) is 81.8 Å². The van der Waals surface area contributed by atoms with Crippen molar-refractivity contribution in [1.29, 1.82) is 0 Å². The number of methoxy groups -OCH3 is 2. The molecule has 4 rings (SSSR count). The monoisotopic (exact) mass is 730 g/mol. The van der Waals surface area contributed by atoms with Crippen molar-refractivity contribution >= 4 is 45.2 Å². The molecule has 2 heterocycles. The number of aromatic nitrogens is 2. The van der Waals surface area contributed by atoms with Crippen LogP contribution >= 0.6 is 23.2 Å². The molecule has 2 unspecified atom stereocenters. The first-order chi connectivity index (χ1) is 22.5. The number of hydrogen-bond acceptors (Lipinski definition) is 6. The lowest BCUT2D eigenvalue weighted by molar-refractivity contribution is 0.389. The van der Waals surface area contributed by atoms with Gasteiger partial charge in [0, 0.05) is 45.5 Å². The van der Waals surface area contributed by atoms with Gasteiger partial charge in [0.15, 0.2) is 0 Å². The number of pyridine rings is 2. The topological polar surface area (TPSA) is 102 Å². The lowest BCUT2D eigenvalue weighted by Crippen LogP contribution is -2.35. The highest BCUT2D eigenvalue weighted by Crippen LogP contribution is 2.43. The molecule has 0 saturated heterocycles. The maximum absolute atomic E-state index is 12.7. The van der Waals surface area contributed by atoms with Gasteiger partial charge in [0.1, 0.15) is 0 Å². The van der Waals surface area contributed by atoms with Gasteiger partial charge in [-0.1, -0.05) is 59.6 Å². The lowest BCUT2D eigenvalue weighted by atomic mass is 9.97. The molecule has 0 amide bonds. The predicted molar refractivity (Wildman–Crippen MR) is 200 cm³/mol. The Labute approximate surface area is 299 Å². The zero-order valence-electron chi connectivity index (χ0n) is 29.0. The number of hydrogen-bond donors (Lipinski definition) is 2. The molecule has 4 atom stereocenters. The van der Waals surface area contributed by atoms with E-state index in [4.69, 9.17) is 42.6 Å². The van der Waals surface area contributed by atoms with E-state index in [-0.39, 0.29) is 12.1 Å².